The Balaban J connectivity index is 0.00000481. The number of benzene rings is 4. The molecule has 0 radical (unpaired) electrons. The molecule has 1 unspecified atom stereocenters. The number of hydrogen-bond acceptors (Lipinski definition) is 3. The van der Waals surface area contributed by atoms with Crippen LogP contribution in [-0.4, -0.2) is 19.3 Å². The van der Waals surface area contributed by atoms with Crippen LogP contribution in [0.1, 0.15) is 89.2 Å². The van der Waals surface area contributed by atoms with Gasteiger partial charge >= 0.3 is 21.1 Å². The first kappa shape index (κ1) is 38.3. The fourth-order valence-corrected chi connectivity index (χ4v) is 7.49. The molecule has 0 fully saturated rings. The predicted octanol–water partition coefficient (Wildman–Crippen LogP) is 12.6. The minimum absolute atomic E-state index is 0. The molecule has 7 rings (SSSR count). The second kappa shape index (κ2) is 15.9. The van der Waals surface area contributed by atoms with Gasteiger partial charge in [0.15, 0.2) is 0 Å². The number of fused-ring (bicyclic) bond motifs is 3. The van der Waals surface area contributed by atoms with E-state index in [1.807, 2.05) is 41.2 Å². The van der Waals surface area contributed by atoms with Crippen LogP contribution in [0.2, 0.25) is 0 Å². The van der Waals surface area contributed by atoms with Gasteiger partial charge in [-0.15, -0.1) is 35.7 Å². The van der Waals surface area contributed by atoms with Gasteiger partial charge in [-0.3, -0.25) is 4.68 Å². The smallest absolute Gasteiger partial charge is 0.509 e. The normalized spacial score (nSPS) is 12.4. The first-order valence-electron chi connectivity index (χ1n) is 18.7. The van der Waals surface area contributed by atoms with E-state index in [0.29, 0.717) is 17.4 Å². The molecule has 274 valence electrons. The van der Waals surface area contributed by atoms with Gasteiger partial charge in [-0.1, -0.05) is 102 Å². The van der Waals surface area contributed by atoms with Crippen LogP contribution in [0.25, 0.3) is 44.4 Å². The minimum atomic E-state index is 0. The van der Waals surface area contributed by atoms with Gasteiger partial charge in [-0.2, -0.15) is 17.2 Å². The number of ether oxygens (including phenoxy) is 1. The molecule has 6 heteroatoms. The second-order valence-corrected chi connectivity index (χ2v) is 16.0. The quantitative estimate of drug-likeness (QED) is 0.122. The fraction of sp³-hybridized carbons (Fsp3) is 0.319. The van der Waals surface area contributed by atoms with Crippen molar-refractivity contribution in [3.63, 3.8) is 0 Å². The van der Waals surface area contributed by atoms with E-state index in [1.54, 1.807) is 0 Å². The number of hydrogen-bond donors (Lipinski definition) is 0. The Morgan fingerprint density at radius 2 is 1.57 bits per heavy atom. The molecular formula is C47H50N4OPt. The van der Waals surface area contributed by atoms with E-state index in [-0.39, 0.29) is 26.5 Å². The molecule has 4 aromatic carbocycles. The van der Waals surface area contributed by atoms with Crippen LogP contribution in [-0.2, 0) is 27.5 Å². The summed E-state index contributed by atoms with van der Waals surface area (Å²) in [6, 6.07) is 39.0. The summed E-state index contributed by atoms with van der Waals surface area (Å²) in [4.78, 5) is 4.91. The van der Waals surface area contributed by atoms with Crippen molar-refractivity contribution in [2.45, 2.75) is 87.0 Å². The summed E-state index contributed by atoms with van der Waals surface area (Å²) in [5.74, 6) is 3.33. The van der Waals surface area contributed by atoms with Gasteiger partial charge in [0.05, 0.1) is 5.69 Å². The van der Waals surface area contributed by atoms with Crippen LogP contribution in [0.3, 0.4) is 0 Å². The maximum Gasteiger partial charge on any atom is 2.00 e. The molecule has 53 heavy (non-hydrogen) atoms. The Morgan fingerprint density at radius 1 is 0.792 bits per heavy atom. The van der Waals surface area contributed by atoms with E-state index in [1.165, 1.54) is 35.8 Å². The van der Waals surface area contributed by atoms with Crippen LogP contribution < -0.4 is 4.74 Å². The van der Waals surface area contributed by atoms with Crippen molar-refractivity contribution in [2.75, 3.05) is 0 Å². The third kappa shape index (κ3) is 8.36. The molecule has 3 heterocycles. The molecule has 3 aromatic heterocycles. The standard InChI is InChI=1S/C47H50N4O.Pt/c1-31(2)14-12-15-32(3)37-20-23-43-42(27-37)41-22-21-40(29-44(41)50(43)45-26-35(24-25-48-45)30-47(6,7)8)52-39-19-13-18-38(28-39)51-34(5)46(33(4)49-51)36-16-10-9-11-17-36;/h9-11,13,16-27,31-32H,12,14-15,30H2,1-8H3;/q-2;+2. The maximum absolute atomic E-state index is 6.53. The summed E-state index contributed by atoms with van der Waals surface area (Å²) in [6.45, 7) is 18.0. The van der Waals surface area contributed by atoms with E-state index >= 15 is 0 Å². The summed E-state index contributed by atoms with van der Waals surface area (Å²) in [5.41, 5.74) is 10.0. The molecule has 1 atom stereocenters. The Hall–Kier alpha value is -4.47. The van der Waals surface area contributed by atoms with Crippen LogP contribution in [0.5, 0.6) is 11.5 Å². The SMILES string of the molecule is Cc1nn(-c2[c-]c(Oc3[c-]c4c(cc3)c3cc(C(C)CCCC(C)C)ccc3n4-c3cc(CC(C)(C)C)ccn3)ccc2)c(C)c1-c1ccccc1.[Pt+2]. The summed E-state index contributed by atoms with van der Waals surface area (Å²) in [5, 5.41) is 7.24. The van der Waals surface area contributed by atoms with Crippen molar-refractivity contribution in [3.05, 3.63) is 132 Å². The average molecular weight is 882 g/mol. The van der Waals surface area contributed by atoms with Gasteiger partial charge in [-0.25, -0.2) is 4.98 Å². The molecule has 0 bridgehead atoms. The van der Waals surface area contributed by atoms with E-state index in [2.05, 4.69) is 133 Å². The van der Waals surface area contributed by atoms with Crippen LogP contribution in [0.4, 0.5) is 0 Å². The van der Waals surface area contributed by atoms with Crippen molar-refractivity contribution in [1.82, 2.24) is 19.3 Å². The molecule has 0 aliphatic rings. The number of pyridine rings is 1. The molecule has 0 N–H and O–H groups in total. The van der Waals surface area contributed by atoms with E-state index in [9.17, 15) is 0 Å². The largest absolute Gasteiger partial charge is 2.00 e. The minimum Gasteiger partial charge on any atom is -0.509 e. The van der Waals surface area contributed by atoms with E-state index < -0.39 is 0 Å². The van der Waals surface area contributed by atoms with Crippen LogP contribution in [0.15, 0.2) is 97.2 Å². The van der Waals surface area contributed by atoms with Gasteiger partial charge in [0.1, 0.15) is 5.82 Å². The zero-order chi connectivity index (χ0) is 36.6. The summed E-state index contributed by atoms with van der Waals surface area (Å²) < 4.78 is 10.7. The summed E-state index contributed by atoms with van der Waals surface area (Å²) >= 11 is 0. The maximum atomic E-state index is 6.53. The summed E-state index contributed by atoms with van der Waals surface area (Å²) in [6.07, 6.45) is 6.58. The topological polar surface area (TPSA) is 44.9 Å². The predicted molar refractivity (Wildman–Crippen MR) is 215 cm³/mol. The van der Waals surface area contributed by atoms with Crippen molar-refractivity contribution >= 4 is 21.8 Å². The molecular weight excluding hydrogens is 832 g/mol. The van der Waals surface area contributed by atoms with Gasteiger partial charge in [-0.05, 0) is 89.9 Å². The van der Waals surface area contributed by atoms with Gasteiger partial charge in [0.25, 0.3) is 0 Å². The monoisotopic (exact) mass is 881 g/mol. The molecule has 7 aromatic rings. The Kier molecular flexibility index (Phi) is 11.5. The van der Waals surface area contributed by atoms with Crippen molar-refractivity contribution in [1.29, 1.82) is 0 Å². The second-order valence-electron chi connectivity index (χ2n) is 16.0. The first-order valence-corrected chi connectivity index (χ1v) is 18.7. The number of aromatic nitrogens is 4. The molecule has 0 saturated carbocycles. The van der Waals surface area contributed by atoms with Crippen molar-refractivity contribution < 1.29 is 25.8 Å². The number of nitrogens with zero attached hydrogens (tertiary/aromatic N) is 4. The Bertz CT molecular complexity index is 2340. The molecule has 0 spiro atoms. The third-order valence-corrected chi connectivity index (χ3v) is 9.99. The van der Waals surface area contributed by atoms with Crippen LogP contribution in [0, 0.1) is 37.3 Å². The van der Waals surface area contributed by atoms with E-state index in [4.69, 9.17) is 14.8 Å². The van der Waals surface area contributed by atoms with Crippen molar-refractivity contribution in [2.24, 2.45) is 11.3 Å². The molecule has 0 aliphatic heterocycles. The zero-order valence-electron chi connectivity index (χ0n) is 32.2. The molecule has 0 amide bonds. The van der Waals surface area contributed by atoms with Crippen LogP contribution >= 0.6 is 0 Å². The molecule has 5 nitrogen and oxygen atoms in total. The van der Waals surface area contributed by atoms with Gasteiger partial charge in [0.2, 0.25) is 0 Å². The third-order valence-electron chi connectivity index (χ3n) is 9.99. The summed E-state index contributed by atoms with van der Waals surface area (Å²) in [7, 11) is 0. The van der Waals surface area contributed by atoms with Crippen molar-refractivity contribution in [3.8, 4) is 34.1 Å². The molecule has 0 aliphatic carbocycles. The molecule has 0 saturated heterocycles. The first-order chi connectivity index (χ1) is 24.9. The zero-order valence-corrected chi connectivity index (χ0v) is 34.5. The van der Waals surface area contributed by atoms with Gasteiger partial charge in [0, 0.05) is 34.5 Å². The number of aryl methyl sites for hydroxylation is 1. The average Bonchev–Trinajstić information content (AvgIpc) is 3.59. The van der Waals surface area contributed by atoms with Gasteiger partial charge < -0.3 is 9.30 Å². The van der Waals surface area contributed by atoms with E-state index in [0.717, 1.165) is 62.8 Å². The number of rotatable bonds is 11. The Labute approximate surface area is 329 Å². The Morgan fingerprint density at radius 3 is 2.32 bits per heavy atom. The fourth-order valence-electron chi connectivity index (χ4n) is 7.49.